The van der Waals surface area contributed by atoms with E-state index in [-0.39, 0.29) is 22.8 Å². The number of halogens is 3. The number of benzene rings is 2. The van der Waals surface area contributed by atoms with E-state index in [0.717, 1.165) is 53.7 Å². The molecule has 3 heterocycles. The Hall–Kier alpha value is -2.73. The number of pyridine rings is 2. The van der Waals surface area contributed by atoms with E-state index in [2.05, 4.69) is 31.7 Å². The van der Waals surface area contributed by atoms with Gasteiger partial charge in [0, 0.05) is 28.6 Å². The fourth-order valence-corrected chi connectivity index (χ4v) is 5.92. The summed E-state index contributed by atoms with van der Waals surface area (Å²) in [4.78, 5) is 20.9. The molecule has 0 bridgehead atoms. The SMILES string of the molecule is Cc1cc(F)ccc1-c1cc(C2CCN(C(C)(C)C)CC2)nc2c1ccc(=O)n2-c1c(Cl)cccc1Cl. The van der Waals surface area contributed by atoms with Gasteiger partial charge in [0.25, 0.3) is 5.56 Å². The van der Waals surface area contributed by atoms with Gasteiger partial charge >= 0.3 is 0 Å². The summed E-state index contributed by atoms with van der Waals surface area (Å²) in [6.07, 6.45) is 1.92. The first-order chi connectivity index (χ1) is 17.5. The van der Waals surface area contributed by atoms with Gasteiger partial charge in [0.15, 0.2) is 0 Å². The molecule has 4 aromatic rings. The number of fused-ring (bicyclic) bond motifs is 1. The van der Waals surface area contributed by atoms with Crippen LogP contribution >= 0.6 is 23.2 Å². The molecule has 37 heavy (non-hydrogen) atoms. The molecule has 1 saturated heterocycles. The number of aryl methyl sites for hydroxylation is 1. The summed E-state index contributed by atoms with van der Waals surface area (Å²) in [7, 11) is 0. The first-order valence-corrected chi connectivity index (χ1v) is 13.3. The number of piperidine rings is 1. The van der Waals surface area contributed by atoms with Crippen molar-refractivity contribution in [2.75, 3.05) is 13.1 Å². The third kappa shape index (κ3) is 4.93. The summed E-state index contributed by atoms with van der Waals surface area (Å²) in [5.41, 5.74) is 4.30. The molecule has 192 valence electrons. The van der Waals surface area contributed by atoms with E-state index in [1.807, 2.05) is 6.92 Å². The smallest absolute Gasteiger partial charge is 0.256 e. The van der Waals surface area contributed by atoms with Crippen LogP contribution in [0.2, 0.25) is 10.0 Å². The van der Waals surface area contributed by atoms with Crippen LogP contribution in [0.1, 0.15) is 50.8 Å². The predicted octanol–water partition coefficient (Wildman–Crippen LogP) is 7.78. The molecular weight excluding hydrogens is 508 g/mol. The third-order valence-corrected chi connectivity index (χ3v) is 7.99. The van der Waals surface area contributed by atoms with E-state index in [0.29, 0.717) is 21.4 Å². The molecule has 0 amide bonds. The number of nitrogens with zero attached hydrogens (tertiary/aromatic N) is 3. The Morgan fingerprint density at radius 2 is 1.62 bits per heavy atom. The van der Waals surface area contributed by atoms with Crippen LogP contribution < -0.4 is 5.56 Å². The van der Waals surface area contributed by atoms with Crippen LogP contribution in [0.15, 0.2) is 59.4 Å². The average molecular weight is 538 g/mol. The molecule has 2 aromatic carbocycles. The van der Waals surface area contributed by atoms with E-state index in [1.54, 1.807) is 30.3 Å². The molecule has 0 unspecified atom stereocenters. The van der Waals surface area contributed by atoms with Crippen molar-refractivity contribution >= 4 is 34.2 Å². The highest BCUT2D eigenvalue weighted by atomic mass is 35.5. The van der Waals surface area contributed by atoms with Gasteiger partial charge in [-0.05, 0) is 107 Å². The summed E-state index contributed by atoms with van der Waals surface area (Å²) in [5, 5.41) is 1.51. The second-order valence-corrected chi connectivity index (χ2v) is 11.6. The minimum absolute atomic E-state index is 0.111. The van der Waals surface area contributed by atoms with Crippen LogP contribution in [0, 0.1) is 12.7 Å². The molecule has 4 nitrogen and oxygen atoms in total. The van der Waals surface area contributed by atoms with Gasteiger partial charge in [0.2, 0.25) is 0 Å². The lowest BCUT2D eigenvalue weighted by molar-refractivity contribution is 0.102. The number of hydrogen-bond acceptors (Lipinski definition) is 3. The zero-order chi connectivity index (χ0) is 26.5. The lowest BCUT2D eigenvalue weighted by Crippen LogP contribution is -2.45. The number of aromatic nitrogens is 2. The van der Waals surface area contributed by atoms with Crippen molar-refractivity contribution < 1.29 is 4.39 Å². The van der Waals surface area contributed by atoms with Gasteiger partial charge in [-0.3, -0.25) is 14.3 Å². The van der Waals surface area contributed by atoms with Crippen LogP contribution in [0.25, 0.3) is 27.8 Å². The van der Waals surface area contributed by atoms with Crippen LogP contribution in [-0.2, 0) is 0 Å². The van der Waals surface area contributed by atoms with Crippen LogP contribution in [0.3, 0.4) is 0 Å². The second kappa shape index (κ2) is 9.86. The van der Waals surface area contributed by atoms with E-state index < -0.39 is 0 Å². The Bertz CT molecular complexity index is 1530. The Labute approximate surface area is 226 Å². The van der Waals surface area contributed by atoms with Gasteiger partial charge in [-0.25, -0.2) is 9.37 Å². The maximum absolute atomic E-state index is 14.0. The van der Waals surface area contributed by atoms with Gasteiger partial charge in [-0.15, -0.1) is 0 Å². The molecule has 1 aliphatic rings. The standard InChI is InChI=1S/C30H30Cl2FN3O/c1-18-16-20(33)8-9-21(18)23-17-26(19-12-14-35(15-13-19)30(2,3)4)34-29-22(23)10-11-27(37)36(29)28-24(31)6-5-7-25(28)32/h5-11,16-17,19H,12-15H2,1-4H3. The van der Waals surface area contributed by atoms with Gasteiger partial charge in [0.05, 0.1) is 15.7 Å². The molecule has 0 saturated carbocycles. The molecule has 0 aliphatic carbocycles. The molecular formula is C30H30Cl2FN3O. The van der Waals surface area contributed by atoms with Gasteiger partial charge < -0.3 is 0 Å². The Morgan fingerprint density at radius 3 is 2.24 bits per heavy atom. The number of rotatable bonds is 3. The minimum Gasteiger partial charge on any atom is -0.298 e. The van der Waals surface area contributed by atoms with E-state index in [9.17, 15) is 9.18 Å². The minimum atomic E-state index is -0.283. The quantitative estimate of drug-likeness (QED) is 0.267. The summed E-state index contributed by atoms with van der Waals surface area (Å²) < 4.78 is 15.5. The average Bonchev–Trinajstić information content (AvgIpc) is 2.84. The number of para-hydroxylation sites is 1. The highest BCUT2D eigenvalue weighted by Gasteiger charge is 2.29. The molecule has 0 N–H and O–H groups in total. The molecule has 1 aliphatic heterocycles. The van der Waals surface area contributed by atoms with Crippen molar-refractivity contribution in [1.82, 2.24) is 14.5 Å². The summed E-state index contributed by atoms with van der Waals surface area (Å²) in [6, 6.07) is 15.4. The van der Waals surface area contributed by atoms with Gasteiger partial charge in [0.1, 0.15) is 11.5 Å². The Balaban J connectivity index is 1.77. The first-order valence-electron chi connectivity index (χ1n) is 12.6. The zero-order valence-corrected chi connectivity index (χ0v) is 23.0. The molecule has 0 atom stereocenters. The van der Waals surface area contributed by atoms with Crippen molar-refractivity contribution in [2.45, 2.75) is 52.0 Å². The molecule has 1 fully saturated rings. The van der Waals surface area contributed by atoms with Crippen molar-refractivity contribution in [3.63, 3.8) is 0 Å². The fraction of sp³-hybridized carbons (Fsp3) is 0.333. The lowest BCUT2D eigenvalue weighted by atomic mass is 9.88. The summed E-state index contributed by atoms with van der Waals surface area (Å²) in [5.74, 6) is -0.0536. The van der Waals surface area contributed by atoms with Gasteiger partial charge in [-0.1, -0.05) is 35.3 Å². The fourth-order valence-electron chi connectivity index (χ4n) is 5.36. The molecule has 5 rings (SSSR count). The molecule has 2 aromatic heterocycles. The van der Waals surface area contributed by atoms with Crippen molar-refractivity contribution in [1.29, 1.82) is 0 Å². The predicted molar refractivity (Wildman–Crippen MR) is 151 cm³/mol. The van der Waals surface area contributed by atoms with E-state index >= 15 is 0 Å². The van der Waals surface area contributed by atoms with Crippen LogP contribution in [0.5, 0.6) is 0 Å². The largest absolute Gasteiger partial charge is 0.298 e. The zero-order valence-electron chi connectivity index (χ0n) is 21.5. The highest BCUT2D eigenvalue weighted by molar-refractivity contribution is 6.37. The van der Waals surface area contributed by atoms with Crippen molar-refractivity contribution in [2.24, 2.45) is 0 Å². The second-order valence-electron chi connectivity index (χ2n) is 10.8. The monoisotopic (exact) mass is 537 g/mol. The van der Waals surface area contributed by atoms with Crippen molar-refractivity contribution in [3.05, 3.63) is 92.1 Å². The number of hydrogen-bond donors (Lipinski definition) is 0. The van der Waals surface area contributed by atoms with Crippen molar-refractivity contribution in [3.8, 4) is 16.8 Å². The highest BCUT2D eigenvalue weighted by Crippen LogP contribution is 2.38. The molecule has 7 heteroatoms. The van der Waals surface area contributed by atoms with E-state index in [1.165, 1.54) is 22.8 Å². The van der Waals surface area contributed by atoms with Gasteiger partial charge in [-0.2, -0.15) is 0 Å². The maximum Gasteiger partial charge on any atom is 0.256 e. The lowest BCUT2D eigenvalue weighted by Gasteiger charge is -2.40. The first kappa shape index (κ1) is 25.9. The summed E-state index contributed by atoms with van der Waals surface area (Å²) in [6.45, 7) is 10.6. The van der Waals surface area contributed by atoms with Crippen LogP contribution in [0.4, 0.5) is 4.39 Å². The van der Waals surface area contributed by atoms with E-state index in [4.69, 9.17) is 28.2 Å². The Morgan fingerprint density at radius 1 is 0.946 bits per heavy atom. The topological polar surface area (TPSA) is 38.1 Å². The third-order valence-electron chi connectivity index (χ3n) is 7.38. The van der Waals surface area contributed by atoms with Crippen LogP contribution in [-0.4, -0.2) is 33.1 Å². The number of likely N-dealkylation sites (tertiary alicyclic amines) is 1. The summed E-state index contributed by atoms with van der Waals surface area (Å²) >= 11 is 13.1. The maximum atomic E-state index is 14.0. The molecule has 0 spiro atoms. The normalized spacial score (nSPS) is 15.4. The Kier molecular flexibility index (Phi) is 6.90. The molecule has 0 radical (unpaired) electrons.